The van der Waals surface area contributed by atoms with Crippen LogP contribution >= 0.6 is 22.6 Å². The summed E-state index contributed by atoms with van der Waals surface area (Å²) in [5.41, 5.74) is 2.53. The van der Waals surface area contributed by atoms with Crippen molar-refractivity contribution >= 4 is 34.2 Å². The molecule has 0 aliphatic rings. The smallest absolute Gasteiger partial charge is 0.256 e. The third kappa shape index (κ3) is 3.54. The number of halogens is 1. The molecule has 0 aliphatic carbocycles. The molecule has 3 rings (SSSR count). The first kappa shape index (κ1) is 14.8. The maximum absolute atomic E-state index is 12.2. The Balaban J connectivity index is 1.69. The van der Waals surface area contributed by atoms with Crippen LogP contribution in [0.15, 0.2) is 67.0 Å². The number of amides is 1. The molecule has 0 unspecified atom stereocenters. The Morgan fingerprint density at radius 1 is 1.09 bits per heavy atom. The summed E-state index contributed by atoms with van der Waals surface area (Å²) >= 11 is 2.16. The molecule has 0 aliphatic heterocycles. The second-order valence-corrected chi connectivity index (χ2v) is 6.01. The van der Waals surface area contributed by atoms with Gasteiger partial charge in [-0.1, -0.05) is 42.5 Å². The molecule has 2 aromatic carbocycles. The number of carbonyl (C=O) groups excluding carboxylic acids is 1. The van der Waals surface area contributed by atoms with Crippen LogP contribution in [0.25, 0.3) is 0 Å². The fraction of sp³-hybridized carbons (Fsp3) is 0.0588. The summed E-state index contributed by atoms with van der Waals surface area (Å²) in [6.07, 6.45) is 3.50. The first-order chi connectivity index (χ1) is 10.7. The lowest BCUT2D eigenvalue weighted by molar-refractivity contribution is 0.102. The highest BCUT2D eigenvalue weighted by Crippen LogP contribution is 2.14. The summed E-state index contributed by atoms with van der Waals surface area (Å²) in [6.45, 7) is 0.680. The van der Waals surface area contributed by atoms with Gasteiger partial charge in [0, 0.05) is 9.77 Å². The third-order valence-electron chi connectivity index (χ3n) is 3.20. The summed E-state index contributed by atoms with van der Waals surface area (Å²) in [7, 11) is 0. The van der Waals surface area contributed by atoms with E-state index in [1.807, 2.05) is 60.8 Å². The standard InChI is InChI=1S/C17H14IN3O/c18-16-9-5-4-8-15(16)17(22)20-14-10-19-21(12-14)11-13-6-2-1-3-7-13/h1-10,12H,11H2,(H,20,22). The van der Waals surface area contributed by atoms with Gasteiger partial charge in [0.2, 0.25) is 0 Å². The molecule has 0 saturated carbocycles. The van der Waals surface area contributed by atoms with Crippen molar-refractivity contribution < 1.29 is 4.79 Å². The quantitative estimate of drug-likeness (QED) is 0.674. The monoisotopic (exact) mass is 403 g/mol. The Labute approximate surface area is 142 Å². The number of carbonyl (C=O) groups is 1. The number of hydrogen-bond donors (Lipinski definition) is 1. The molecular weight excluding hydrogens is 389 g/mol. The van der Waals surface area contributed by atoms with Crippen LogP contribution in [0.4, 0.5) is 5.69 Å². The third-order valence-corrected chi connectivity index (χ3v) is 4.14. The number of benzene rings is 2. The van der Waals surface area contributed by atoms with Crippen LogP contribution in [0, 0.1) is 3.57 Å². The van der Waals surface area contributed by atoms with Crippen molar-refractivity contribution in [2.24, 2.45) is 0 Å². The predicted octanol–water partition coefficient (Wildman–Crippen LogP) is 3.79. The minimum Gasteiger partial charge on any atom is -0.319 e. The lowest BCUT2D eigenvalue weighted by Gasteiger charge is -2.04. The molecule has 0 radical (unpaired) electrons. The normalized spacial score (nSPS) is 10.4. The molecule has 5 heteroatoms. The van der Waals surface area contributed by atoms with E-state index in [-0.39, 0.29) is 5.91 Å². The molecule has 22 heavy (non-hydrogen) atoms. The van der Waals surface area contributed by atoms with Crippen LogP contribution < -0.4 is 5.32 Å². The minimum atomic E-state index is -0.121. The van der Waals surface area contributed by atoms with Crippen LogP contribution in [0.1, 0.15) is 15.9 Å². The van der Waals surface area contributed by atoms with Crippen LogP contribution in [0.2, 0.25) is 0 Å². The molecule has 0 atom stereocenters. The van der Waals surface area contributed by atoms with Gasteiger partial charge in [0.05, 0.1) is 24.0 Å². The van der Waals surface area contributed by atoms with Crippen molar-refractivity contribution in [1.29, 1.82) is 0 Å². The molecule has 4 nitrogen and oxygen atoms in total. The predicted molar refractivity (Wildman–Crippen MR) is 94.9 cm³/mol. The fourth-order valence-electron chi connectivity index (χ4n) is 2.13. The van der Waals surface area contributed by atoms with E-state index in [2.05, 4.69) is 33.0 Å². The second kappa shape index (κ2) is 6.74. The minimum absolute atomic E-state index is 0.121. The molecule has 0 fully saturated rings. The molecule has 0 bridgehead atoms. The lowest BCUT2D eigenvalue weighted by Crippen LogP contribution is -2.12. The second-order valence-electron chi connectivity index (χ2n) is 4.85. The zero-order chi connectivity index (χ0) is 15.4. The van der Waals surface area contributed by atoms with Crippen molar-refractivity contribution in [3.63, 3.8) is 0 Å². The van der Waals surface area contributed by atoms with E-state index >= 15 is 0 Å². The van der Waals surface area contributed by atoms with E-state index in [9.17, 15) is 4.79 Å². The van der Waals surface area contributed by atoms with Crippen molar-refractivity contribution in [2.45, 2.75) is 6.54 Å². The molecule has 1 heterocycles. The van der Waals surface area contributed by atoms with Gasteiger partial charge in [0.1, 0.15) is 0 Å². The van der Waals surface area contributed by atoms with Gasteiger partial charge in [0.25, 0.3) is 5.91 Å². The maximum atomic E-state index is 12.2. The Bertz CT molecular complexity index is 783. The summed E-state index contributed by atoms with van der Waals surface area (Å²) < 4.78 is 2.73. The summed E-state index contributed by atoms with van der Waals surface area (Å²) in [5, 5.41) is 7.16. The summed E-state index contributed by atoms with van der Waals surface area (Å²) in [4.78, 5) is 12.2. The van der Waals surface area contributed by atoms with Gasteiger partial charge in [-0.3, -0.25) is 9.48 Å². The lowest BCUT2D eigenvalue weighted by atomic mass is 10.2. The van der Waals surface area contributed by atoms with E-state index in [0.29, 0.717) is 17.8 Å². The van der Waals surface area contributed by atoms with Gasteiger partial charge in [-0.2, -0.15) is 5.10 Å². The number of nitrogens with one attached hydrogen (secondary N) is 1. The topological polar surface area (TPSA) is 46.9 Å². The average molecular weight is 403 g/mol. The fourth-order valence-corrected chi connectivity index (χ4v) is 2.76. The maximum Gasteiger partial charge on any atom is 0.256 e. The van der Waals surface area contributed by atoms with E-state index in [1.54, 1.807) is 10.9 Å². The van der Waals surface area contributed by atoms with Crippen LogP contribution in [-0.4, -0.2) is 15.7 Å². The molecule has 0 spiro atoms. The Kier molecular flexibility index (Phi) is 4.53. The van der Waals surface area contributed by atoms with Crippen LogP contribution in [-0.2, 0) is 6.54 Å². The van der Waals surface area contributed by atoms with E-state index in [0.717, 1.165) is 3.57 Å². The highest BCUT2D eigenvalue weighted by molar-refractivity contribution is 14.1. The zero-order valence-corrected chi connectivity index (χ0v) is 13.9. The number of aromatic nitrogens is 2. The van der Waals surface area contributed by atoms with E-state index in [1.165, 1.54) is 5.56 Å². The van der Waals surface area contributed by atoms with E-state index in [4.69, 9.17) is 0 Å². The molecule has 0 saturated heterocycles. The highest BCUT2D eigenvalue weighted by Gasteiger charge is 2.10. The van der Waals surface area contributed by atoms with Gasteiger partial charge < -0.3 is 5.32 Å². The number of anilines is 1. The van der Waals surface area contributed by atoms with E-state index < -0.39 is 0 Å². The number of hydrogen-bond acceptors (Lipinski definition) is 2. The molecular formula is C17H14IN3O. The Hall–Kier alpha value is -2.15. The Morgan fingerprint density at radius 3 is 2.59 bits per heavy atom. The van der Waals surface area contributed by atoms with Crippen LogP contribution in [0.5, 0.6) is 0 Å². The largest absolute Gasteiger partial charge is 0.319 e. The first-order valence-corrected chi connectivity index (χ1v) is 7.92. The van der Waals surface area contributed by atoms with Crippen molar-refractivity contribution in [2.75, 3.05) is 5.32 Å². The summed E-state index contributed by atoms with van der Waals surface area (Å²) in [5.74, 6) is -0.121. The van der Waals surface area contributed by atoms with Crippen molar-refractivity contribution in [3.05, 3.63) is 81.7 Å². The number of rotatable bonds is 4. The van der Waals surface area contributed by atoms with Crippen LogP contribution in [0.3, 0.4) is 0 Å². The van der Waals surface area contributed by atoms with Crippen molar-refractivity contribution in [3.8, 4) is 0 Å². The Morgan fingerprint density at radius 2 is 1.82 bits per heavy atom. The number of nitrogens with zero attached hydrogens (tertiary/aromatic N) is 2. The molecule has 3 aromatic rings. The summed E-state index contributed by atoms with van der Waals surface area (Å²) in [6, 6.07) is 17.6. The molecule has 1 amide bonds. The van der Waals surface area contributed by atoms with Gasteiger partial charge >= 0.3 is 0 Å². The van der Waals surface area contributed by atoms with Gasteiger partial charge in [-0.05, 0) is 40.3 Å². The molecule has 110 valence electrons. The average Bonchev–Trinajstić information content (AvgIpc) is 2.95. The molecule has 1 aromatic heterocycles. The SMILES string of the molecule is O=C(Nc1cnn(Cc2ccccc2)c1)c1ccccc1I. The van der Waals surface area contributed by atoms with Gasteiger partial charge in [-0.15, -0.1) is 0 Å². The van der Waals surface area contributed by atoms with Crippen molar-refractivity contribution in [1.82, 2.24) is 9.78 Å². The van der Waals surface area contributed by atoms with Gasteiger partial charge in [-0.25, -0.2) is 0 Å². The molecule has 1 N–H and O–H groups in total. The first-order valence-electron chi connectivity index (χ1n) is 6.84. The highest BCUT2D eigenvalue weighted by atomic mass is 127. The van der Waals surface area contributed by atoms with Gasteiger partial charge in [0.15, 0.2) is 0 Å². The zero-order valence-electron chi connectivity index (χ0n) is 11.7.